The Labute approximate surface area is 112 Å². The molecule has 0 aliphatic heterocycles. The van der Waals surface area contributed by atoms with E-state index in [0.29, 0.717) is 18.5 Å². The number of carbonyl (C=O) groups excluding carboxylic acids is 1. The molecule has 0 saturated heterocycles. The van der Waals surface area contributed by atoms with Crippen LogP contribution in [0.5, 0.6) is 0 Å². The van der Waals surface area contributed by atoms with Crippen LogP contribution in [0.25, 0.3) is 0 Å². The maximum atomic E-state index is 12.2. The van der Waals surface area contributed by atoms with E-state index in [9.17, 15) is 9.59 Å². The lowest BCUT2D eigenvalue weighted by atomic mass is 9.81. The SMILES string of the molecule is Cc1ncccc1NC(=O)C1CCCC(C(=O)O)C1. The van der Waals surface area contributed by atoms with Crippen LogP contribution in [0.2, 0.25) is 0 Å². The molecule has 1 aliphatic rings. The largest absolute Gasteiger partial charge is 0.481 e. The van der Waals surface area contributed by atoms with Crippen molar-refractivity contribution in [3.05, 3.63) is 24.0 Å². The molecule has 5 nitrogen and oxygen atoms in total. The third-order valence-corrected chi connectivity index (χ3v) is 3.66. The average molecular weight is 262 g/mol. The minimum Gasteiger partial charge on any atom is -0.481 e. The molecule has 1 aromatic rings. The van der Waals surface area contributed by atoms with Gasteiger partial charge in [-0.15, -0.1) is 0 Å². The third-order valence-electron chi connectivity index (χ3n) is 3.66. The summed E-state index contributed by atoms with van der Waals surface area (Å²) in [7, 11) is 0. The summed E-state index contributed by atoms with van der Waals surface area (Å²) in [4.78, 5) is 27.3. The standard InChI is InChI=1S/C14H18N2O3/c1-9-12(6-3-7-15-9)16-13(17)10-4-2-5-11(8-10)14(18)19/h3,6-7,10-11H,2,4-5,8H2,1H3,(H,16,17)(H,18,19). The molecule has 2 atom stereocenters. The lowest BCUT2D eigenvalue weighted by Gasteiger charge is -2.25. The van der Waals surface area contributed by atoms with E-state index in [1.807, 2.05) is 6.92 Å². The number of aryl methyl sites for hydroxylation is 1. The van der Waals surface area contributed by atoms with Crippen LogP contribution < -0.4 is 5.32 Å². The molecule has 102 valence electrons. The Hall–Kier alpha value is -1.91. The Kier molecular flexibility index (Phi) is 4.14. The summed E-state index contributed by atoms with van der Waals surface area (Å²) in [6.45, 7) is 1.83. The van der Waals surface area contributed by atoms with Crippen LogP contribution in [-0.4, -0.2) is 22.0 Å². The van der Waals surface area contributed by atoms with Crippen LogP contribution >= 0.6 is 0 Å². The zero-order valence-corrected chi connectivity index (χ0v) is 10.9. The first kappa shape index (κ1) is 13.5. The number of anilines is 1. The van der Waals surface area contributed by atoms with Crippen LogP contribution in [0.4, 0.5) is 5.69 Å². The van der Waals surface area contributed by atoms with Crippen molar-refractivity contribution < 1.29 is 14.7 Å². The summed E-state index contributed by atoms with van der Waals surface area (Å²) in [5, 5.41) is 11.9. The second-order valence-corrected chi connectivity index (χ2v) is 5.02. The first-order chi connectivity index (χ1) is 9.08. The van der Waals surface area contributed by atoms with E-state index in [1.165, 1.54) is 0 Å². The molecule has 2 unspecified atom stereocenters. The van der Waals surface area contributed by atoms with E-state index < -0.39 is 5.97 Å². The predicted molar refractivity (Wildman–Crippen MR) is 70.7 cm³/mol. The summed E-state index contributed by atoms with van der Waals surface area (Å²) in [5.41, 5.74) is 1.46. The molecule has 5 heteroatoms. The summed E-state index contributed by atoms with van der Waals surface area (Å²) in [6, 6.07) is 3.57. The van der Waals surface area contributed by atoms with Crippen LogP contribution in [0.1, 0.15) is 31.4 Å². The summed E-state index contributed by atoms with van der Waals surface area (Å²) in [5.74, 6) is -1.49. The normalized spacial score (nSPS) is 22.8. The van der Waals surface area contributed by atoms with Crippen LogP contribution in [0, 0.1) is 18.8 Å². The lowest BCUT2D eigenvalue weighted by Crippen LogP contribution is -2.31. The molecule has 19 heavy (non-hydrogen) atoms. The Bertz CT molecular complexity index is 487. The average Bonchev–Trinajstić information content (AvgIpc) is 2.41. The van der Waals surface area contributed by atoms with Crippen molar-refractivity contribution in [2.45, 2.75) is 32.6 Å². The number of nitrogens with zero attached hydrogens (tertiary/aromatic N) is 1. The Morgan fingerprint density at radius 2 is 2.11 bits per heavy atom. The van der Waals surface area contributed by atoms with E-state index in [4.69, 9.17) is 5.11 Å². The van der Waals surface area contributed by atoms with Gasteiger partial charge in [-0.25, -0.2) is 0 Å². The van der Waals surface area contributed by atoms with Crippen molar-refractivity contribution in [1.29, 1.82) is 0 Å². The van der Waals surface area contributed by atoms with E-state index in [2.05, 4.69) is 10.3 Å². The summed E-state index contributed by atoms with van der Waals surface area (Å²) in [6.07, 6.45) is 4.33. The highest BCUT2D eigenvalue weighted by atomic mass is 16.4. The second kappa shape index (κ2) is 5.82. The van der Waals surface area contributed by atoms with E-state index in [-0.39, 0.29) is 17.7 Å². The van der Waals surface area contributed by atoms with Crippen molar-refractivity contribution in [3.63, 3.8) is 0 Å². The maximum absolute atomic E-state index is 12.2. The van der Waals surface area contributed by atoms with Crippen molar-refractivity contribution in [3.8, 4) is 0 Å². The molecule has 1 aromatic heterocycles. The number of carboxylic acids is 1. The van der Waals surface area contributed by atoms with Crippen LogP contribution in [-0.2, 0) is 9.59 Å². The number of aliphatic carboxylic acids is 1. The highest BCUT2D eigenvalue weighted by molar-refractivity contribution is 5.93. The number of nitrogens with one attached hydrogen (secondary N) is 1. The number of pyridine rings is 1. The number of hydrogen-bond donors (Lipinski definition) is 2. The zero-order chi connectivity index (χ0) is 13.8. The molecule has 0 spiro atoms. The van der Waals surface area contributed by atoms with E-state index >= 15 is 0 Å². The smallest absolute Gasteiger partial charge is 0.306 e. The molecule has 1 heterocycles. The van der Waals surface area contributed by atoms with Gasteiger partial charge in [0.1, 0.15) is 0 Å². The zero-order valence-electron chi connectivity index (χ0n) is 10.9. The van der Waals surface area contributed by atoms with E-state index in [0.717, 1.165) is 18.5 Å². The highest BCUT2D eigenvalue weighted by Crippen LogP contribution is 2.30. The van der Waals surface area contributed by atoms with Crippen molar-refractivity contribution in [2.75, 3.05) is 5.32 Å². The molecule has 1 fully saturated rings. The molecule has 1 aliphatic carbocycles. The van der Waals surface area contributed by atoms with Gasteiger partial charge in [0.2, 0.25) is 5.91 Å². The van der Waals surface area contributed by atoms with Gasteiger partial charge in [-0.05, 0) is 38.3 Å². The monoisotopic (exact) mass is 262 g/mol. The number of hydrogen-bond acceptors (Lipinski definition) is 3. The van der Waals surface area contributed by atoms with Crippen molar-refractivity contribution in [2.24, 2.45) is 11.8 Å². The second-order valence-electron chi connectivity index (χ2n) is 5.02. The van der Waals surface area contributed by atoms with Gasteiger partial charge < -0.3 is 10.4 Å². The fraction of sp³-hybridized carbons (Fsp3) is 0.500. The lowest BCUT2D eigenvalue weighted by molar-refractivity contribution is -0.143. The summed E-state index contributed by atoms with van der Waals surface area (Å²) >= 11 is 0. The molecular formula is C14H18N2O3. The minimum absolute atomic E-state index is 0.0953. The number of carboxylic acid groups (broad SMARTS) is 1. The van der Waals surface area contributed by atoms with Crippen molar-refractivity contribution in [1.82, 2.24) is 4.98 Å². The number of rotatable bonds is 3. The first-order valence-corrected chi connectivity index (χ1v) is 6.53. The Morgan fingerprint density at radius 1 is 1.37 bits per heavy atom. The third kappa shape index (κ3) is 3.30. The maximum Gasteiger partial charge on any atom is 0.306 e. The van der Waals surface area contributed by atoms with Gasteiger partial charge >= 0.3 is 5.97 Å². The van der Waals surface area contributed by atoms with Crippen LogP contribution in [0.15, 0.2) is 18.3 Å². The van der Waals surface area contributed by atoms with Gasteiger partial charge in [-0.1, -0.05) is 6.42 Å². The van der Waals surface area contributed by atoms with Gasteiger partial charge in [0, 0.05) is 12.1 Å². The molecule has 1 saturated carbocycles. The Balaban J connectivity index is 2.00. The van der Waals surface area contributed by atoms with Gasteiger partial charge in [-0.3, -0.25) is 14.6 Å². The van der Waals surface area contributed by atoms with Crippen LogP contribution in [0.3, 0.4) is 0 Å². The minimum atomic E-state index is -0.796. The topological polar surface area (TPSA) is 79.3 Å². The van der Waals surface area contributed by atoms with Gasteiger partial charge in [0.15, 0.2) is 0 Å². The first-order valence-electron chi connectivity index (χ1n) is 6.53. The molecule has 2 N–H and O–H groups in total. The number of aromatic nitrogens is 1. The quantitative estimate of drug-likeness (QED) is 0.875. The fourth-order valence-corrected chi connectivity index (χ4v) is 2.50. The predicted octanol–water partition coefficient (Wildman–Crippen LogP) is 2.22. The van der Waals surface area contributed by atoms with Gasteiger partial charge in [-0.2, -0.15) is 0 Å². The number of carbonyl (C=O) groups is 2. The Morgan fingerprint density at radius 3 is 2.79 bits per heavy atom. The molecule has 0 bridgehead atoms. The fourth-order valence-electron chi connectivity index (χ4n) is 2.50. The van der Waals surface area contributed by atoms with Gasteiger partial charge in [0.05, 0.1) is 17.3 Å². The molecule has 2 rings (SSSR count). The molecular weight excluding hydrogens is 244 g/mol. The van der Waals surface area contributed by atoms with Crippen molar-refractivity contribution >= 4 is 17.6 Å². The molecule has 0 aromatic carbocycles. The van der Waals surface area contributed by atoms with Gasteiger partial charge in [0.25, 0.3) is 0 Å². The van der Waals surface area contributed by atoms with E-state index in [1.54, 1.807) is 18.3 Å². The molecule has 1 amide bonds. The molecule has 0 radical (unpaired) electrons. The number of amides is 1. The summed E-state index contributed by atoms with van der Waals surface area (Å²) < 4.78 is 0. The highest BCUT2D eigenvalue weighted by Gasteiger charge is 2.31.